The van der Waals surface area contributed by atoms with Gasteiger partial charge in [-0.05, 0) is 106 Å². The van der Waals surface area contributed by atoms with Crippen LogP contribution in [0.4, 0.5) is 0 Å². The van der Waals surface area contributed by atoms with Crippen LogP contribution in [0.5, 0.6) is 0 Å². The smallest absolute Gasteiger partial charge is 0.160 e. The Balaban J connectivity index is 1.06. The van der Waals surface area contributed by atoms with Crippen molar-refractivity contribution in [2.75, 3.05) is 0 Å². The molecule has 11 rings (SSSR count). The number of aromatic nitrogens is 2. The van der Waals surface area contributed by atoms with Crippen molar-refractivity contribution >= 4 is 53.9 Å². The van der Waals surface area contributed by atoms with Crippen LogP contribution in [-0.4, -0.2) is 9.97 Å². The SMILES string of the molecule is c1ccc(-c2cc(-c3cc(-c4ccc5cc(-c6ccc7ccc8cccc9ccc6c7c89)ccc5c4)nc(-c4ccccc4)n3)c3ccccc3c2)cc1. The Hall–Kier alpha value is -7.16. The minimum Gasteiger partial charge on any atom is -0.228 e. The normalized spacial score (nSPS) is 11.7. The first-order valence-electron chi connectivity index (χ1n) is 18.5. The topological polar surface area (TPSA) is 25.8 Å². The van der Waals surface area contributed by atoms with Crippen molar-refractivity contribution in [2.45, 2.75) is 0 Å². The first-order valence-corrected chi connectivity index (χ1v) is 18.5. The predicted molar refractivity (Wildman–Crippen MR) is 228 cm³/mol. The Kier molecular flexibility index (Phi) is 6.90. The largest absolute Gasteiger partial charge is 0.228 e. The molecule has 0 aliphatic heterocycles. The van der Waals surface area contributed by atoms with Crippen molar-refractivity contribution in [2.24, 2.45) is 0 Å². The fourth-order valence-corrected chi connectivity index (χ4v) is 8.33. The Labute approximate surface area is 313 Å². The zero-order valence-corrected chi connectivity index (χ0v) is 29.4. The van der Waals surface area contributed by atoms with Crippen LogP contribution >= 0.6 is 0 Å². The van der Waals surface area contributed by atoms with Gasteiger partial charge < -0.3 is 0 Å². The molecule has 0 saturated carbocycles. The highest BCUT2D eigenvalue weighted by molar-refractivity contribution is 6.25. The highest BCUT2D eigenvalue weighted by Crippen LogP contribution is 2.41. The van der Waals surface area contributed by atoms with E-state index in [0.717, 1.165) is 33.6 Å². The van der Waals surface area contributed by atoms with Gasteiger partial charge in [0.05, 0.1) is 11.4 Å². The van der Waals surface area contributed by atoms with Crippen molar-refractivity contribution in [1.29, 1.82) is 0 Å². The van der Waals surface area contributed by atoms with Gasteiger partial charge in [-0.2, -0.15) is 0 Å². The lowest BCUT2D eigenvalue weighted by molar-refractivity contribution is 1.19. The summed E-state index contributed by atoms with van der Waals surface area (Å²) in [6.07, 6.45) is 0. The van der Waals surface area contributed by atoms with Crippen LogP contribution < -0.4 is 0 Å². The molecule has 0 spiro atoms. The maximum absolute atomic E-state index is 5.24. The highest BCUT2D eigenvalue weighted by Gasteiger charge is 2.16. The average Bonchev–Trinajstić information content (AvgIpc) is 3.25. The highest BCUT2D eigenvalue weighted by atomic mass is 14.9. The van der Waals surface area contributed by atoms with Crippen molar-refractivity contribution in [3.63, 3.8) is 0 Å². The standard InChI is InChI=1S/C52H32N2/c1-3-10-33(11-4-1)43-30-40-14-7-8-17-44(40)47(31-43)49-32-48(53-52(54-49)37-12-5-2-6-13-37)42-23-21-38-28-41(22-20-39(38)29-42)45-26-24-36-19-18-34-15-9-16-35-25-27-46(45)51(36)50(34)35/h1-32H. The molecule has 10 aromatic carbocycles. The number of rotatable bonds is 5. The molecule has 250 valence electrons. The molecule has 54 heavy (non-hydrogen) atoms. The molecule has 0 aliphatic rings. The molecule has 0 fully saturated rings. The fourth-order valence-electron chi connectivity index (χ4n) is 8.33. The Morgan fingerprint density at radius 3 is 1.63 bits per heavy atom. The van der Waals surface area contributed by atoms with Gasteiger partial charge in [-0.15, -0.1) is 0 Å². The summed E-state index contributed by atoms with van der Waals surface area (Å²) >= 11 is 0. The summed E-state index contributed by atoms with van der Waals surface area (Å²) < 4.78 is 0. The monoisotopic (exact) mass is 684 g/mol. The summed E-state index contributed by atoms with van der Waals surface area (Å²) in [7, 11) is 0. The second kappa shape index (κ2) is 12.2. The van der Waals surface area contributed by atoms with E-state index in [4.69, 9.17) is 9.97 Å². The molecule has 0 N–H and O–H groups in total. The van der Waals surface area contributed by atoms with E-state index in [1.165, 1.54) is 70.6 Å². The van der Waals surface area contributed by atoms with Gasteiger partial charge in [0.25, 0.3) is 0 Å². The molecular formula is C52H32N2. The van der Waals surface area contributed by atoms with Crippen molar-refractivity contribution in [3.8, 4) is 56.2 Å². The lowest BCUT2D eigenvalue weighted by Crippen LogP contribution is -1.97. The van der Waals surface area contributed by atoms with E-state index in [0.29, 0.717) is 5.82 Å². The van der Waals surface area contributed by atoms with Crippen LogP contribution in [-0.2, 0) is 0 Å². The lowest BCUT2D eigenvalue weighted by Gasteiger charge is -2.15. The molecule has 0 amide bonds. The molecular weight excluding hydrogens is 653 g/mol. The molecule has 1 aromatic heterocycles. The number of nitrogens with zero attached hydrogens (tertiary/aromatic N) is 2. The van der Waals surface area contributed by atoms with E-state index >= 15 is 0 Å². The van der Waals surface area contributed by atoms with Crippen LogP contribution in [0, 0.1) is 0 Å². The van der Waals surface area contributed by atoms with E-state index in [2.05, 4.69) is 176 Å². The van der Waals surface area contributed by atoms with Crippen LogP contribution in [0.3, 0.4) is 0 Å². The van der Waals surface area contributed by atoms with E-state index < -0.39 is 0 Å². The van der Waals surface area contributed by atoms with Gasteiger partial charge in [0.15, 0.2) is 5.82 Å². The number of benzene rings is 10. The van der Waals surface area contributed by atoms with Crippen LogP contribution in [0.15, 0.2) is 194 Å². The number of hydrogen-bond donors (Lipinski definition) is 0. The van der Waals surface area contributed by atoms with Crippen molar-refractivity contribution in [3.05, 3.63) is 194 Å². The molecule has 0 saturated heterocycles. The minimum atomic E-state index is 0.710. The van der Waals surface area contributed by atoms with Gasteiger partial charge in [0.2, 0.25) is 0 Å². The average molecular weight is 685 g/mol. The summed E-state index contributed by atoms with van der Waals surface area (Å²) in [5, 5.41) is 12.5. The number of hydrogen-bond acceptors (Lipinski definition) is 2. The zero-order valence-electron chi connectivity index (χ0n) is 29.4. The summed E-state index contributed by atoms with van der Waals surface area (Å²) in [4.78, 5) is 10.4. The zero-order chi connectivity index (χ0) is 35.6. The second-order valence-electron chi connectivity index (χ2n) is 14.2. The maximum atomic E-state index is 5.24. The van der Waals surface area contributed by atoms with Gasteiger partial charge in [-0.25, -0.2) is 9.97 Å². The first kappa shape index (κ1) is 30.5. The molecule has 11 aromatic rings. The van der Waals surface area contributed by atoms with Gasteiger partial charge in [-0.3, -0.25) is 0 Å². The molecule has 0 bridgehead atoms. The van der Waals surface area contributed by atoms with Crippen molar-refractivity contribution in [1.82, 2.24) is 9.97 Å². The first-order chi connectivity index (χ1) is 26.7. The van der Waals surface area contributed by atoms with Crippen LogP contribution in [0.1, 0.15) is 0 Å². The van der Waals surface area contributed by atoms with Gasteiger partial charge in [0.1, 0.15) is 0 Å². The summed E-state index contributed by atoms with van der Waals surface area (Å²) in [5.41, 5.74) is 9.74. The molecule has 0 aliphatic carbocycles. The van der Waals surface area contributed by atoms with Crippen LogP contribution in [0.25, 0.3) is 110 Å². The molecule has 1 heterocycles. The Bertz CT molecular complexity index is 3190. The fraction of sp³-hybridized carbons (Fsp3) is 0. The van der Waals surface area contributed by atoms with E-state index in [1.807, 2.05) is 18.2 Å². The second-order valence-corrected chi connectivity index (χ2v) is 14.2. The molecule has 2 heteroatoms. The molecule has 0 radical (unpaired) electrons. The Morgan fingerprint density at radius 1 is 0.259 bits per heavy atom. The molecule has 0 atom stereocenters. The maximum Gasteiger partial charge on any atom is 0.160 e. The summed E-state index contributed by atoms with van der Waals surface area (Å²) in [6, 6.07) is 69.9. The Morgan fingerprint density at radius 2 is 0.833 bits per heavy atom. The predicted octanol–water partition coefficient (Wildman–Crippen LogP) is 14.0. The number of fused-ring (bicyclic) bond motifs is 2. The van der Waals surface area contributed by atoms with Gasteiger partial charge >= 0.3 is 0 Å². The quantitative estimate of drug-likeness (QED) is 0.169. The van der Waals surface area contributed by atoms with Gasteiger partial charge in [-0.1, -0.05) is 164 Å². The van der Waals surface area contributed by atoms with Crippen molar-refractivity contribution < 1.29 is 0 Å². The summed E-state index contributed by atoms with van der Waals surface area (Å²) in [6.45, 7) is 0. The third-order valence-corrected chi connectivity index (χ3v) is 11.0. The molecule has 0 unspecified atom stereocenters. The third kappa shape index (κ3) is 5.03. The lowest BCUT2D eigenvalue weighted by atomic mass is 9.89. The van der Waals surface area contributed by atoms with E-state index in [9.17, 15) is 0 Å². The van der Waals surface area contributed by atoms with Gasteiger partial charge in [0, 0.05) is 16.7 Å². The van der Waals surface area contributed by atoms with E-state index in [1.54, 1.807) is 0 Å². The summed E-state index contributed by atoms with van der Waals surface area (Å²) in [5.74, 6) is 0.710. The van der Waals surface area contributed by atoms with E-state index in [-0.39, 0.29) is 0 Å². The molecule has 2 nitrogen and oxygen atoms in total. The van der Waals surface area contributed by atoms with Crippen LogP contribution in [0.2, 0.25) is 0 Å². The third-order valence-electron chi connectivity index (χ3n) is 11.0. The minimum absolute atomic E-state index is 0.710.